The minimum atomic E-state index is -0.264. The Kier molecular flexibility index (Phi) is 4.80. The number of hydrogen-bond acceptors (Lipinski definition) is 3. The van der Waals surface area contributed by atoms with Crippen molar-refractivity contribution in [2.75, 3.05) is 6.61 Å². The molecule has 4 heteroatoms. The van der Waals surface area contributed by atoms with E-state index >= 15 is 0 Å². The molecule has 0 spiro atoms. The van der Waals surface area contributed by atoms with Crippen LogP contribution in [-0.4, -0.2) is 17.9 Å². The maximum atomic E-state index is 13.6. The van der Waals surface area contributed by atoms with Crippen LogP contribution < -0.4 is 0 Å². The largest absolute Gasteiger partial charge is 0.353 e. The van der Waals surface area contributed by atoms with Crippen LogP contribution in [-0.2, 0) is 16.1 Å². The third-order valence-corrected chi connectivity index (χ3v) is 3.79. The molecule has 1 aromatic heterocycles. The van der Waals surface area contributed by atoms with Crippen LogP contribution in [0.2, 0.25) is 0 Å². The molecule has 0 saturated carbocycles. The van der Waals surface area contributed by atoms with Crippen molar-refractivity contribution in [3.8, 4) is 11.3 Å². The van der Waals surface area contributed by atoms with Gasteiger partial charge in [0.25, 0.3) is 0 Å². The normalized spacial score (nSPS) is 18.4. The molecular weight excluding hydrogens is 281 g/mol. The van der Waals surface area contributed by atoms with E-state index in [0.717, 1.165) is 48.4 Å². The minimum absolute atomic E-state index is 0.185. The van der Waals surface area contributed by atoms with Crippen LogP contribution in [0.15, 0.2) is 36.4 Å². The molecule has 0 bridgehead atoms. The third-order valence-electron chi connectivity index (χ3n) is 3.79. The summed E-state index contributed by atoms with van der Waals surface area (Å²) in [5.74, 6) is -0.264. The van der Waals surface area contributed by atoms with Gasteiger partial charge in [-0.05, 0) is 62.1 Å². The molecule has 3 rings (SSSR count). The quantitative estimate of drug-likeness (QED) is 0.846. The summed E-state index contributed by atoms with van der Waals surface area (Å²) >= 11 is 0. The van der Waals surface area contributed by atoms with Gasteiger partial charge in [-0.3, -0.25) is 4.98 Å². The summed E-state index contributed by atoms with van der Waals surface area (Å²) in [7, 11) is 0. The SMILES string of the molecule is Cc1cccc(-c2ccc(F)cc2COC2CCCCO2)n1. The summed E-state index contributed by atoms with van der Waals surface area (Å²) < 4.78 is 25.0. The molecule has 1 atom stereocenters. The van der Waals surface area contributed by atoms with E-state index in [1.165, 1.54) is 12.1 Å². The van der Waals surface area contributed by atoms with Gasteiger partial charge in [-0.15, -0.1) is 0 Å². The van der Waals surface area contributed by atoms with Crippen molar-refractivity contribution in [2.24, 2.45) is 0 Å². The standard InChI is InChI=1S/C18H20FNO2/c1-13-5-4-6-17(20-13)16-9-8-15(19)11-14(16)12-22-18-7-2-3-10-21-18/h4-6,8-9,11,18H,2-3,7,10,12H2,1H3. The van der Waals surface area contributed by atoms with Gasteiger partial charge in [-0.25, -0.2) is 4.39 Å². The van der Waals surface area contributed by atoms with Crippen molar-refractivity contribution in [1.29, 1.82) is 0 Å². The van der Waals surface area contributed by atoms with E-state index in [2.05, 4.69) is 4.98 Å². The Bertz CT molecular complexity index is 639. The first-order chi connectivity index (χ1) is 10.7. The molecule has 2 aromatic rings. The van der Waals surface area contributed by atoms with Gasteiger partial charge in [0.15, 0.2) is 6.29 Å². The van der Waals surface area contributed by atoms with E-state index < -0.39 is 0 Å². The summed E-state index contributed by atoms with van der Waals surface area (Å²) in [5.41, 5.74) is 3.47. The molecule has 3 nitrogen and oxygen atoms in total. The fourth-order valence-electron chi connectivity index (χ4n) is 2.65. The molecule has 0 amide bonds. The molecule has 1 fully saturated rings. The first kappa shape index (κ1) is 15.1. The second-order valence-corrected chi connectivity index (χ2v) is 5.57. The first-order valence-electron chi connectivity index (χ1n) is 7.68. The Morgan fingerprint density at radius 2 is 2.18 bits per heavy atom. The predicted octanol–water partition coefficient (Wildman–Crippen LogP) is 4.24. The zero-order valence-electron chi connectivity index (χ0n) is 12.7. The molecule has 116 valence electrons. The topological polar surface area (TPSA) is 31.4 Å². The number of hydrogen-bond donors (Lipinski definition) is 0. The number of pyridine rings is 1. The highest BCUT2D eigenvalue weighted by atomic mass is 19.1. The summed E-state index contributed by atoms with van der Waals surface area (Å²) in [6, 6.07) is 10.6. The lowest BCUT2D eigenvalue weighted by Gasteiger charge is -2.23. The van der Waals surface area contributed by atoms with Gasteiger partial charge < -0.3 is 9.47 Å². The number of aryl methyl sites for hydroxylation is 1. The van der Waals surface area contributed by atoms with Crippen molar-refractivity contribution in [1.82, 2.24) is 4.98 Å². The molecule has 0 aliphatic carbocycles. The van der Waals surface area contributed by atoms with Gasteiger partial charge in [0, 0.05) is 17.9 Å². The molecule has 0 N–H and O–H groups in total. The van der Waals surface area contributed by atoms with E-state index in [-0.39, 0.29) is 12.1 Å². The molecule has 0 radical (unpaired) electrons. The van der Waals surface area contributed by atoms with Crippen molar-refractivity contribution in [2.45, 2.75) is 39.1 Å². The fraction of sp³-hybridized carbons (Fsp3) is 0.389. The minimum Gasteiger partial charge on any atom is -0.353 e. The molecule has 1 aliphatic rings. The zero-order valence-corrected chi connectivity index (χ0v) is 12.7. The average molecular weight is 301 g/mol. The molecule has 1 saturated heterocycles. The molecule has 1 unspecified atom stereocenters. The van der Waals surface area contributed by atoms with Crippen LogP contribution >= 0.6 is 0 Å². The van der Waals surface area contributed by atoms with E-state index in [1.807, 2.05) is 25.1 Å². The number of ether oxygens (including phenoxy) is 2. The van der Waals surface area contributed by atoms with Crippen LogP contribution in [0.5, 0.6) is 0 Å². The van der Waals surface area contributed by atoms with Gasteiger partial charge in [0.2, 0.25) is 0 Å². The smallest absolute Gasteiger partial charge is 0.158 e. The van der Waals surface area contributed by atoms with E-state index in [0.29, 0.717) is 6.61 Å². The van der Waals surface area contributed by atoms with Crippen LogP contribution in [0.3, 0.4) is 0 Å². The van der Waals surface area contributed by atoms with Crippen LogP contribution in [0.4, 0.5) is 4.39 Å². The lowest BCUT2D eigenvalue weighted by atomic mass is 10.0. The Labute approximate surface area is 130 Å². The van der Waals surface area contributed by atoms with Crippen molar-refractivity contribution in [3.05, 3.63) is 53.5 Å². The van der Waals surface area contributed by atoms with E-state index in [1.54, 1.807) is 6.07 Å². The number of aromatic nitrogens is 1. The maximum Gasteiger partial charge on any atom is 0.158 e. The molecular formula is C18H20FNO2. The van der Waals surface area contributed by atoms with E-state index in [4.69, 9.17) is 9.47 Å². The average Bonchev–Trinajstić information content (AvgIpc) is 2.54. The number of benzene rings is 1. The summed E-state index contributed by atoms with van der Waals surface area (Å²) in [6.07, 6.45) is 2.90. The second-order valence-electron chi connectivity index (χ2n) is 5.57. The molecule has 1 aliphatic heterocycles. The monoisotopic (exact) mass is 301 g/mol. The zero-order chi connectivity index (χ0) is 15.4. The van der Waals surface area contributed by atoms with Gasteiger partial charge in [-0.2, -0.15) is 0 Å². The number of rotatable bonds is 4. The van der Waals surface area contributed by atoms with Gasteiger partial charge in [-0.1, -0.05) is 6.07 Å². The maximum absolute atomic E-state index is 13.6. The van der Waals surface area contributed by atoms with Crippen molar-refractivity contribution in [3.63, 3.8) is 0 Å². The predicted molar refractivity (Wildman–Crippen MR) is 82.7 cm³/mol. The lowest BCUT2D eigenvalue weighted by molar-refractivity contribution is -0.168. The molecule has 1 aromatic carbocycles. The lowest BCUT2D eigenvalue weighted by Crippen LogP contribution is -2.22. The molecule has 22 heavy (non-hydrogen) atoms. The summed E-state index contributed by atoms with van der Waals surface area (Å²) in [6.45, 7) is 3.01. The number of halogens is 1. The summed E-state index contributed by atoms with van der Waals surface area (Å²) in [4.78, 5) is 4.52. The van der Waals surface area contributed by atoms with E-state index in [9.17, 15) is 4.39 Å². The highest BCUT2D eigenvalue weighted by Gasteiger charge is 2.16. The first-order valence-corrected chi connectivity index (χ1v) is 7.68. The Hall–Kier alpha value is -1.78. The third kappa shape index (κ3) is 3.70. The Balaban J connectivity index is 1.81. The van der Waals surface area contributed by atoms with Gasteiger partial charge in [0.05, 0.1) is 12.3 Å². The van der Waals surface area contributed by atoms with Crippen LogP contribution in [0.1, 0.15) is 30.5 Å². The Morgan fingerprint density at radius 1 is 1.27 bits per heavy atom. The number of nitrogens with zero attached hydrogens (tertiary/aromatic N) is 1. The van der Waals surface area contributed by atoms with Crippen molar-refractivity contribution < 1.29 is 13.9 Å². The second kappa shape index (κ2) is 6.99. The highest BCUT2D eigenvalue weighted by Crippen LogP contribution is 2.25. The Morgan fingerprint density at radius 3 is 2.95 bits per heavy atom. The van der Waals surface area contributed by atoms with Crippen LogP contribution in [0, 0.1) is 12.7 Å². The fourth-order valence-corrected chi connectivity index (χ4v) is 2.65. The highest BCUT2D eigenvalue weighted by molar-refractivity contribution is 5.63. The molecule has 2 heterocycles. The van der Waals surface area contributed by atoms with Crippen LogP contribution in [0.25, 0.3) is 11.3 Å². The van der Waals surface area contributed by atoms with Crippen molar-refractivity contribution >= 4 is 0 Å². The van der Waals surface area contributed by atoms with Gasteiger partial charge >= 0.3 is 0 Å². The van der Waals surface area contributed by atoms with Gasteiger partial charge in [0.1, 0.15) is 5.82 Å². The summed E-state index contributed by atoms with van der Waals surface area (Å²) in [5, 5.41) is 0.